The third-order valence-electron chi connectivity index (χ3n) is 2.74. The molecule has 0 fully saturated rings. The molecule has 0 spiro atoms. The lowest BCUT2D eigenvalue weighted by molar-refractivity contribution is 0.569. The van der Waals surface area contributed by atoms with Gasteiger partial charge in [0.05, 0.1) is 0 Å². The van der Waals surface area contributed by atoms with Crippen LogP contribution in [0.25, 0.3) is 0 Å². The molecule has 2 aromatic carbocycles. The molecular formula is C14H10F4S2. The van der Waals surface area contributed by atoms with Crippen molar-refractivity contribution >= 4 is 21.6 Å². The van der Waals surface area contributed by atoms with Gasteiger partial charge >= 0.3 is 0 Å². The molecule has 106 valence electrons. The Hall–Kier alpha value is -1.14. The van der Waals surface area contributed by atoms with Gasteiger partial charge in [0.25, 0.3) is 0 Å². The van der Waals surface area contributed by atoms with Crippen LogP contribution in [0.5, 0.6) is 0 Å². The topological polar surface area (TPSA) is 0 Å². The van der Waals surface area contributed by atoms with Crippen molar-refractivity contribution in [2.75, 3.05) is 0 Å². The lowest BCUT2D eigenvalue weighted by Gasteiger charge is -2.09. The second-order valence-electron chi connectivity index (χ2n) is 4.19. The minimum Gasteiger partial charge on any atom is -0.207 e. The molecule has 0 nitrogen and oxygen atoms in total. The molecule has 0 aliphatic rings. The minimum atomic E-state index is -0.682. The minimum absolute atomic E-state index is 0.304. The third-order valence-corrected chi connectivity index (χ3v) is 5.36. The van der Waals surface area contributed by atoms with Gasteiger partial charge in [-0.1, -0.05) is 21.6 Å². The van der Waals surface area contributed by atoms with E-state index in [-0.39, 0.29) is 0 Å². The van der Waals surface area contributed by atoms with E-state index in [1.165, 1.54) is 26.0 Å². The Balaban J connectivity index is 2.26. The second kappa shape index (κ2) is 6.10. The van der Waals surface area contributed by atoms with E-state index in [1.807, 2.05) is 0 Å². The fraction of sp³-hybridized carbons (Fsp3) is 0.143. The molecule has 0 aliphatic carbocycles. The smallest absolute Gasteiger partial charge is 0.130 e. The SMILES string of the molecule is Cc1c(F)cc(F)cc1SSc1cc(F)cc(F)c1C. The summed E-state index contributed by atoms with van der Waals surface area (Å²) >= 11 is 0. The fourth-order valence-corrected chi connectivity index (χ4v) is 4.03. The molecule has 0 saturated heterocycles. The van der Waals surface area contributed by atoms with E-state index < -0.39 is 23.3 Å². The Morgan fingerprint density at radius 2 is 1.00 bits per heavy atom. The maximum Gasteiger partial charge on any atom is 0.130 e. The number of hydrogen-bond donors (Lipinski definition) is 0. The molecule has 0 N–H and O–H groups in total. The highest BCUT2D eigenvalue weighted by atomic mass is 33.1. The summed E-state index contributed by atoms with van der Waals surface area (Å²) in [5, 5.41) is 0. The molecule has 0 aromatic heterocycles. The van der Waals surface area contributed by atoms with Gasteiger partial charge in [-0.15, -0.1) is 0 Å². The van der Waals surface area contributed by atoms with Crippen LogP contribution in [0.4, 0.5) is 17.6 Å². The molecule has 2 rings (SSSR count). The Morgan fingerprint density at radius 1 is 0.650 bits per heavy atom. The molecular weight excluding hydrogens is 308 g/mol. The molecule has 0 unspecified atom stereocenters. The highest BCUT2D eigenvalue weighted by Crippen LogP contribution is 2.41. The first-order chi connectivity index (χ1) is 9.38. The van der Waals surface area contributed by atoms with Gasteiger partial charge in [-0.3, -0.25) is 0 Å². The molecule has 0 radical (unpaired) electrons. The van der Waals surface area contributed by atoms with Gasteiger partial charge in [0, 0.05) is 21.9 Å². The predicted octanol–water partition coefficient (Wildman–Crippen LogP) is 5.66. The summed E-state index contributed by atoms with van der Waals surface area (Å²) in [7, 11) is 2.13. The van der Waals surface area contributed by atoms with Gasteiger partial charge in [0.1, 0.15) is 23.3 Å². The first kappa shape index (κ1) is 15.3. The monoisotopic (exact) mass is 318 g/mol. The largest absolute Gasteiger partial charge is 0.207 e. The molecule has 0 atom stereocenters. The standard InChI is InChI=1S/C14H10F4S2/c1-7-11(17)3-9(15)5-13(7)19-20-14-6-10(16)4-12(18)8(14)2/h3-6H,1-2H3. The first-order valence-corrected chi connectivity index (χ1v) is 7.79. The van der Waals surface area contributed by atoms with Crippen molar-refractivity contribution in [1.29, 1.82) is 0 Å². The second-order valence-corrected chi connectivity index (χ2v) is 6.40. The van der Waals surface area contributed by atoms with Crippen molar-refractivity contribution in [3.05, 3.63) is 58.7 Å². The zero-order valence-corrected chi connectivity index (χ0v) is 12.3. The summed E-state index contributed by atoms with van der Waals surface area (Å²) in [6, 6.07) is 4.00. The average molecular weight is 318 g/mol. The van der Waals surface area contributed by atoms with Crippen molar-refractivity contribution in [3.8, 4) is 0 Å². The summed E-state index contributed by atoms with van der Waals surface area (Å²) in [5.41, 5.74) is 0.608. The van der Waals surface area contributed by atoms with E-state index >= 15 is 0 Å². The van der Waals surface area contributed by atoms with E-state index in [9.17, 15) is 17.6 Å². The zero-order chi connectivity index (χ0) is 14.9. The number of halogens is 4. The van der Waals surface area contributed by atoms with Gasteiger partial charge in [-0.2, -0.15) is 0 Å². The molecule has 0 saturated carbocycles. The van der Waals surface area contributed by atoms with Crippen molar-refractivity contribution in [2.24, 2.45) is 0 Å². The summed E-state index contributed by atoms with van der Waals surface area (Å²) in [4.78, 5) is 0.771. The maximum atomic E-state index is 13.4. The van der Waals surface area contributed by atoms with Crippen LogP contribution >= 0.6 is 21.6 Å². The van der Waals surface area contributed by atoms with E-state index in [0.29, 0.717) is 20.9 Å². The van der Waals surface area contributed by atoms with Crippen molar-refractivity contribution in [3.63, 3.8) is 0 Å². The number of benzene rings is 2. The molecule has 6 heteroatoms. The summed E-state index contributed by atoms with van der Waals surface area (Å²) in [6.45, 7) is 3.05. The normalized spacial score (nSPS) is 10.9. The van der Waals surface area contributed by atoms with Crippen molar-refractivity contribution < 1.29 is 17.6 Å². The summed E-state index contributed by atoms with van der Waals surface area (Å²) in [5.74, 6) is -2.65. The lowest BCUT2D eigenvalue weighted by atomic mass is 10.2. The van der Waals surface area contributed by atoms with E-state index in [0.717, 1.165) is 33.7 Å². The fourth-order valence-electron chi connectivity index (χ4n) is 1.51. The lowest BCUT2D eigenvalue weighted by Crippen LogP contribution is -1.90. The van der Waals surface area contributed by atoms with Gasteiger partial charge in [-0.25, -0.2) is 17.6 Å². The van der Waals surface area contributed by atoms with Gasteiger partial charge in [-0.05, 0) is 37.1 Å². The quantitative estimate of drug-likeness (QED) is 0.529. The van der Waals surface area contributed by atoms with Gasteiger partial charge < -0.3 is 0 Å². The van der Waals surface area contributed by atoms with Crippen molar-refractivity contribution in [1.82, 2.24) is 0 Å². The maximum absolute atomic E-state index is 13.4. The predicted molar refractivity (Wildman–Crippen MR) is 73.9 cm³/mol. The van der Waals surface area contributed by atoms with E-state index in [1.54, 1.807) is 0 Å². The molecule has 0 bridgehead atoms. The van der Waals surface area contributed by atoms with Crippen LogP contribution in [0, 0.1) is 37.1 Å². The van der Waals surface area contributed by atoms with E-state index in [2.05, 4.69) is 0 Å². The first-order valence-electron chi connectivity index (χ1n) is 5.64. The highest BCUT2D eigenvalue weighted by Gasteiger charge is 2.12. The average Bonchev–Trinajstić information content (AvgIpc) is 2.37. The van der Waals surface area contributed by atoms with Crippen LogP contribution in [-0.4, -0.2) is 0 Å². The van der Waals surface area contributed by atoms with Crippen LogP contribution in [0.3, 0.4) is 0 Å². The molecule has 2 aromatic rings. The molecule has 20 heavy (non-hydrogen) atoms. The molecule has 0 amide bonds. The summed E-state index contributed by atoms with van der Waals surface area (Å²) < 4.78 is 53.1. The number of hydrogen-bond acceptors (Lipinski definition) is 2. The Bertz CT molecular complexity index is 599. The molecule has 0 aliphatic heterocycles. The van der Waals surface area contributed by atoms with Crippen LogP contribution < -0.4 is 0 Å². The Kier molecular flexibility index (Phi) is 4.65. The Morgan fingerprint density at radius 3 is 1.35 bits per heavy atom. The van der Waals surface area contributed by atoms with Crippen molar-refractivity contribution in [2.45, 2.75) is 23.6 Å². The van der Waals surface area contributed by atoms with Crippen LogP contribution in [0.2, 0.25) is 0 Å². The van der Waals surface area contributed by atoms with Gasteiger partial charge in [0.15, 0.2) is 0 Å². The highest BCUT2D eigenvalue weighted by molar-refractivity contribution is 8.76. The van der Waals surface area contributed by atoms with E-state index in [4.69, 9.17) is 0 Å². The summed E-state index contributed by atoms with van der Waals surface area (Å²) in [6.07, 6.45) is 0. The number of rotatable bonds is 3. The van der Waals surface area contributed by atoms with Crippen LogP contribution in [0.1, 0.15) is 11.1 Å². The van der Waals surface area contributed by atoms with Gasteiger partial charge in [0.2, 0.25) is 0 Å². The Labute approximate surface area is 122 Å². The van der Waals surface area contributed by atoms with Crippen LogP contribution in [-0.2, 0) is 0 Å². The molecule has 0 heterocycles. The zero-order valence-electron chi connectivity index (χ0n) is 10.6. The van der Waals surface area contributed by atoms with Crippen LogP contribution in [0.15, 0.2) is 34.1 Å². The third kappa shape index (κ3) is 3.30.